The van der Waals surface area contributed by atoms with Crippen LogP contribution in [0.25, 0.3) is 33.4 Å². The van der Waals surface area contributed by atoms with Gasteiger partial charge in [-0.1, -0.05) is 57.4 Å². The van der Waals surface area contributed by atoms with Crippen molar-refractivity contribution in [3.05, 3.63) is 70.4 Å². The van der Waals surface area contributed by atoms with Crippen molar-refractivity contribution in [3.63, 3.8) is 0 Å². The molecular formula is C39H57FIN3O8S. The van der Waals surface area contributed by atoms with Crippen LogP contribution in [0.4, 0.5) is 8.55 Å². The molecule has 0 amide bonds. The third-order valence-electron chi connectivity index (χ3n) is 7.94. The topological polar surface area (TPSA) is 199 Å². The number of anilines is 1. The van der Waals surface area contributed by atoms with E-state index in [4.69, 9.17) is 38.3 Å². The summed E-state index contributed by atoms with van der Waals surface area (Å²) in [5.41, 5.74) is 7.61. The Hall–Kier alpha value is -3.41. The van der Waals surface area contributed by atoms with Gasteiger partial charge in [0, 0.05) is 61.2 Å². The van der Waals surface area contributed by atoms with E-state index in [-0.39, 0.29) is 23.3 Å². The molecule has 2 aromatic rings. The first kappa shape index (κ1) is 45.7. The number of fused-ring (bicyclic) bond motifs is 2. The average molecular weight is 876 g/mol. The molecule has 1 aliphatic carbocycles. The van der Waals surface area contributed by atoms with Crippen LogP contribution in [0.1, 0.15) is 87.4 Å². The normalized spacial score (nSPS) is 10.8. The number of benzene rings is 3. The van der Waals surface area contributed by atoms with Gasteiger partial charge in [-0.15, -0.1) is 0 Å². The van der Waals surface area contributed by atoms with Crippen LogP contribution in [0.3, 0.4) is 0 Å². The second kappa shape index (κ2) is 29.0. The molecule has 14 heteroatoms. The third kappa shape index (κ3) is 18.0. The fraction of sp³-hybridized carbons (Fsp3) is 0.462. The number of phenolic OH excluding ortho intramolecular Hbond substituents is 1. The number of aliphatic hydroxyl groups excluding tert-OH is 3. The quantitative estimate of drug-likeness (QED) is 0.0160. The standard InChI is InChI=1S/C29H30N2O6S.C8H19NO.CH4FI.CH4O/c32-14-6-4-2-1-3-5-13-30-29(38)31-18-7-10-21(24(15-18)28(35)36)27-22-11-8-19(33)16-25(22)37-26-17-20(34)9-12-23(26)27;9-7-5-3-1-2-4-6-8-10;1-3-2;1-2/h7-12,15-17,32-33H,1-6,13-14H2,(H,35,36)(H2,30,31,38);10H,1-9H2;3H,1H3;2H,1H3/i;;3T;. The van der Waals surface area contributed by atoms with E-state index in [2.05, 4.69) is 10.6 Å². The molecule has 0 fully saturated rings. The fourth-order valence-corrected chi connectivity index (χ4v) is 5.67. The molecule has 11 nitrogen and oxygen atoms in total. The molecule has 0 radical (unpaired) electrons. The van der Waals surface area contributed by atoms with Gasteiger partial charge in [0.25, 0.3) is 0 Å². The van der Waals surface area contributed by atoms with Gasteiger partial charge in [-0.2, -0.15) is 0 Å². The van der Waals surface area contributed by atoms with Crippen LogP contribution >= 0.6 is 33.8 Å². The summed E-state index contributed by atoms with van der Waals surface area (Å²) in [4.78, 5) is 25.7. The van der Waals surface area contributed by atoms with Crippen molar-refractivity contribution in [3.8, 4) is 28.2 Å². The summed E-state index contributed by atoms with van der Waals surface area (Å²) in [5.74, 6) is -0.835. The van der Waals surface area contributed by atoms with Crippen LogP contribution in [-0.2, 0) is 0 Å². The molecular weight excluding hydrogens is 816 g/mol. The van der Waals surface area contributed by atoms with E-state index in [1.54, 1.807) is 24.3 Å². The van der Waals surface area contributed by atoms with Crippen molar-refractivity contribution in [2.45, 2.75) is 77.0 Å². The SMILES string of the molecule is CO.NCCCCCCCCO.O=C(O)c1cc(NC(=S)NCCCCCCCCO)ccc1-c1c2ccc(=O)cc-2oc2cc(O)ccc12.[3H]I(C)F. The van der Waals surface area contributed by atoms with E-state index in [0.717, 1.165) is 65.0 Å². The number of halogens is 2. The molecule has 9 N–H and O–H groups in total. The van der Waals surface area contributed by atoms with Gasteiger partial charge in [-0.25, -0.2) is 4.79 Å². The molecule has 0 saturated carbocycles. The number of aromatic carboxylic acids is 1. The molecule has 2 aromatic carbocycles. The monoisotopic (exact) mass is 875 g/mol. The van der Waals surface area contributed by atoms with Gasteiger partial charge in [0.15, 0.2) is 10.5 Å². The average Bonchev–Trinajstić information content (AvgIpc) is 3.14. The van der Waals surface area contributed by atoms with E-state index < -0.39 is 27.5 Å². The van der Waals surface area contributed by atoms with Crippen LogP contribution in [0, 0.1) is 0 Å². The molecule has 2 aliphatic rings. The van der Waals surface area contributed by atoms with Gasteiger partial charge in [-0.3, -0.25) is 4.79 Å². The number of aliphatic hydroxyl groups is 3. The fourth-order valence-electron chi connectivity index (χ4n) is 5.45. The number of carbonyl (C=O) groups is 1. The number of alkyl halides is 1. The van der Waals surface area contributed by atoms with Crippen LogP contribution in [-0.4, -0.2) is 75.6 Å². The number of nitrogens with one attached hydrogen (secondary N) is 2. The third-order valence-corrected chi connectivity index (χ3v) is 8.18. The van der Waals surface area contributed by atoms with Crippen LogP contribution < -0.4 is 21.8 Å². The molecule has 0 spiro atoms. The van der Waals surface area contributed by atoms with Gasteiger partial charge >= 0.3 is 35.9 Å². The van der Waals surface area contributed by atoms with E-state index in [9.17, 15) is 22.7 Å². The second-order valence-corrected chi connectivity index (χ2v) is 13.1. The van der Waals surface area contributed by atoms with Crippen LogP contribution in [0.2, 0.25) is 0 Å². The van der Waals surface area contributed by atoms with Crippen LogP contribution in [0.15, 0.2) is 63.8 Å². The Morgan fingerprint density at radius 2 is 1.43 bits per heavy atom. The zero-order chi connectivity index (χ0) is 40.3. The zero-order valence-electron chi connectivity index (χ0n) is 31.7. The number of carboxylic acid groups (broad SMARTS) is 1. The summed E-state index contributed by atoms with van der Waals surface area (Å²) in [6.07, 6.45) is 13.2. The molecule has 1 heterocycles. The van der Waals surface area contributed by atoms with Gasteiger partial charge in [-0.05, 0) is 86.4 Å². The van der Waals surface area contributed by atoms with E-state index in [1.807, 2.05) is 0 Å². The van der Waals surface area contributed by atoms with Crippen molar-refractivity contribution >= 4 is 61.5 Å². The van der Waals surface area contributed by atoms with E-state index in [1.165, 1.54) is 60.9 Å². The summed E-state index contributed by atoms with van der Waals surface area (Å²) in [5, 5.41) is 51.6. The summed E-state index contributed by atoms with van der Waals surface area (Å²) >= 11 is 2.88. The van der Waals surface area contributed by atoms with Crippen molar-refractivity contribution in [2.24, 2.45) is 5.73 Å². The van der Waals surface area contributed by atoms with Gasteiger partial charge < -0.3 is 46.3 Å². The first-order valence-corrected chi connectivity index (χ1v) is 21.2. The number of phenols is 1. The Morgan fingerprint density at radius 3 is 2.02 bits per heavy atom. The van der Waals surface area contributed by atoms with Gasteiger partial charge in [0.1, 0.15) is 17.1 Å². The molecule has 0 atom stereocenters. The second-order valence-electron chi connectivity index (χ2n) is 11.9. The first-order chi connectivity index (χ1) is 26.0. The summed E-state index contributed by atoms with van der Waals surface area (Å²) in [6.45, 7) is 2.11. The van der Waals surface area contributed by atoms with Gasteiger partial charge in [0.2, 0.25) is 0 Å². The minimum atomic E-state index is -2.51. The molecule has 0 bridgehead atoms. The van der Waals surface area contributed by atoms with Gasteiger partial charge in [0.05, 0.1) is 5.56 Å². The number of hydrogen-bond donors (Lipinski definition) is 8. The first-order valence-electron chi connectivity index (χ1n) is 18.2. The van der Waals surface area contributed by atoms with E-state index >= 15 is 0 Å². The number of rotatable bonds is 18. The summed E-state index contributed by atoms with van der Waals surface area (Å²) in [7, 11) is 1.00. The summed E-state index contributed by atoms with van der Waals surface area (Å²) < 4.78 is 22.8. The summed E-state index contributed by atoms with van der Waals surface area (Å²) in [6, 6.07) is 14.0. The number of carboxylic acids is 1. The predicted octanol–water partition coefficient (Wildman–Crippen LogP) is 7.68. The Bertz CT molecular complexity index is 1690. The molecule has 4 rings (SSSR count). The molecule has 1 aliphatic heterocycles. The Kier molecular flexibility index (Phi) is 25.0. The number of thiocarbonyl (C=S) groups is 1. The maximum absolute atomic E-state index is 12.3. The van der Waals surface area contributed by atoms with Crippen molar-refractivity contribution < 1.29 is 37.6 Å². The minimum absolute atomic E-state index is 0.00876. The Labute approximate surface area is 328 Å². The van der Waals surface area contributed by atoms with Crippen molar-refractivity contribution in [1.82, 2.24) is 5.32 Å². The van der Waals surface area contributed by atoms with E-state index in [0.29, 0.717) is 57.4 Å². The Morgan fingerprint density at radius 1 is 0.868 bits per heavy atom. The molecule has 0 saturated heterocycles. The van der Waals surface area contributed by atoms with Crippen molar-refractivity contribution in [2.75, 3.05) is 43.7 Å². The molecule has 296 valence electrons. The molecule has 53 heavy (non-hydrogen) atoms. The number of unbranched alkanes of at least 4 members (excludes halogenated alkanes) is 10. The maximum atomic E-state index is 12.3. The van der Waals surface area contributed by atoms with Crippen molar-refractivity contribution in [1.29, 1.82) is 0.594 Å². The predicted molar refractivity (Wildman–Crippen MR) is 227 cm³/mol. The number of aromatic hydroxyl groups is 1. The molecule has 0 unspecified atom stereocenters. The Balaban J connectivity index is 0.000000768. The van der Waals surface area contributed by atoms with Crippen LogP contribution in [0.5, 0.6) is 5.75 Å². The number of hydrogen-bond acceptors (Lipinski definition) is 9. The zero-order valence-corrected chi connectivity index (χ0v) is 33.7. The molecule has 0 aromatic heterocycles. The number of nitrogens with two attached hydrogens (primary N) is 1.